The van der Waals surface area contributed by atoms with Gasteiger partial charge in [0.05, 0.1) is 24.3 Å². The summed E-state index contributed by atoms with van der Waals surface area (Å²) in [5.74, 6) is 0.392. The molecule has 0 saturated carbocycles. The number of nitrogens with zero attached hydrogens (tertiary/aromatic N) is 2. The van der Waals surface area contributed by atoms with E-state index >= 15 is 0 Å². The Hall–Kier alpha value is -3.57. The van der Waals surface area contributed by atoms with Gasteiger partial charge in [-0.05, 0) is 86.5 Å². The number of sulfonamides is 1. The lowest BCUT2D eigenvalue weighted by Crippen LogP contribution is -2.51. The first-order valence-electron chi connectivity index (χ1n) is 13.8. The van der Waals surface area contributed by atoms with Gasteiger partial charge in [0, 0.05) is 17.6 Å². The fourth-order valence-corrected chi connectivity index (χ4v) is 5.86. The molecule has 2 amide bonds. The van der Waals surface area contributed by atoms with Crippen LogP contribution in [0.2, 0.25) is 0 Å². The van der Waals surface area contributed by atoms with E-state index in [0.29, 0.717) is 30.3 Å². The number of ether oxygens (including phenoxy) is 2. The van der Waals surface area contributed by atoms with Crippen LogP contribution in [0.4, 0.5) is 5.69 Å². The quantitative estimate of drug-likeness (QED) is 0.220. The second kappa shape index (κ2) is 15.6. The van der Waals surface area contributed by atoms with Gasteiger partial charge < -0.3 is 19.7 Å². The molecule has 42 heavy (non-hydrogen) atoms. The SMILES string of the molecule is CCCCNC(=O)C(C)N(Cc1ccc(OC)cc1)C(=O)CN(c1ccc(OCC)cc1)S(=O)(=O)c1ccc(Br)cc1. The molecule has 3 rings (SSSR count). The highest BCUT2D eigenvalue weighted by atomic mass is 79.9. The third-order valence-corrected chi connectivity index (χ3v) is 8.94. The van der Waals surface area contributed by atoms with E-state index in [-0.39, 0.29) is 17.3 Å². The van der Waals surface area contributed by atoms with Crippen molar-refractivity contribution in [3.8, 4) is 11.5 Å². The highest BCUT2D eigenvalue weighted by molar-refractivity contribution is 9.10. The highest BCUT2D eigenvalue weighted by Crippen LogP contribution is 2.27. The molecule has 0 fully saturated rings. The maximum absolute atomic E-state index is 14.0. The molecule has 226 valence electrons. The lowest BCUT2D eigenvalue weighted by Gasteiger charge is -2.32. The Kier molecular flexibility index (Phi) is 12.2. The first-order valence-corrected chi connectivity index (χ1v) is 16.0. The summed E-state index contributed by atoms with van der Waals surface area (Å²) in [5.41, 5.74) is 1.06. The number of benzene rings is 3. The number of hydrogen-bond donors (Lipinski definition) is 1. The predicted molar refractivity (Wildman–Crippen MR) is 167 cm³/mol. The van der Waals surface area contributed by atoms with Crippen molar-refractivity contribution in [2.45, 2.75) is 51.1 Å². The van der Waals surface area contributed by atoms with Gasteiger partial charge in [-0.2, -0.15) is 0 Å². The second-order valence-corrected chi connectivity index (χ2v) is 12.4. The molecule has 0 aromatic heterocycles. The largest absolute Gasteiger partial charge is 0.497 e. The molecule has 9 nitrogen and oxygen atoms in total. The van der Waals surface area contributed by atoms with E-state index in [1.165, 1.54) is 17.0 Å². The molecule has 1 unspecified atom stereocenters. The minimum absolute atomic E-state index is 0.0273. The Morgan fingerprint density at radius 1 is 0.929 bits per heavy atom. The van der Waals surface area contributed by atoms with Crippen LogP contribution in [0.25, 0.3) is 0 Å². The van der Waals surface area contributed by atoms with Crippen molar-refractivity contribution in [1.82, 2.24) is 10.2 Å². The molecule has 0 spiro atoms. The van der Waals surface area contributed by atoms with Crippen molar-refractivity contribution >= 4 is 43.5 Å². The van der Waals surface area contributed by atoms with E-state index in [2.05, 4.69) is 21.2 Å². The van der Waals surface area contributed by atoms with E-state index in [1.807, 2.05) is 26.0 Å². The van der Waals surface area contributed by atoms with Crippen molar-refractivity contribution < 1.29 is 27.5 Å². The van der Waals surface area contributed by atoms with E-state index in [1.54, 1.807) is 62.6 Å². The van der Waals surface area contributed by atoms with Crippen molar-refractivity contribution in [2.24, 2.45) is 0 Å². The minimum Gasteiger partial charge on any atom is -0.497 e. The summed E-state index contributed by atoms with van der Waals surface area (Å²) in [6.45, 7) is 6.05. The topological polar surface area (TPSA) is 105 Å². The number of rotatable bonds is 15. The van der Waals surface area contributed by atoms with Crippen molar-refractivity contribution in [3.63, 3.8) is 0 Å². The van der Waals surface area contributed by atoms with Gasteiger partial charge in [-0.3, -0.25) is 13.9 Å². The van der Waals surface area contributed by atoms with Gasteiger partial charge in [0.15, 0.2) is 0 Å². The second-order valence-electron chi connectivity index (χ2n) is 9.58. The summed E-state index contributed by atoms with van der Waals surface area (Å²) in [4.78, 5) is 28.5. The van der Waals surface area contributed by atoms with Gasteiger partial charge in [0.25, 0.3) is 10.0 Å². The Morgan fingerprint density at radius 3 is 2.12 bits per heavy atom. The fraction of sp³-hybridized carbons (Fsp3) is 0.355. The molecule has 0 heterocycles. The average Bonchev–Trinajstić information content (AvgIpc) is 2.99. The molecule has 0 aliphatic carbocycles. The molecule has 11 heteroatoms. The number of unbranched alkanes of at least 4 members (excludes halogenated alkanes) is 1. The first-order chi connectivity index (χ1) is 20.1. The maximum atomic E-state index is 14.0. The van der Waals surface area contributed by atoms with E-state index < -0.39 is 28.5 Å². The lowest BCUT2D eigenvalue weighted by atomic mass is 10.1. The van der Waals surface area contributed by atoms with Gasteiger partial charge in [0.1, 0.15) is 24.1 Å². The summed E-state index contributed by atoms with van der Waals surface area (Å²) in [5, 5.41) is 2.88. The monoisotopic (exact) mass is 659 g/mol. The Labute approximate surface area is 257 Å². The van der Waals surface area contributed by atoms with E-state index in [9.17, 15) is 18.0 Å². The normalized spacial score (nSPS) is 11.8. The number of hydrogen-bond acceptors (Lipinski definition) is 6. The molecular weight excluding hydrogens is 622 g/mol. The third kappa shape index (κ3) is 8.72. The van der Waals surface area contributed by atoms with Crippen molar-refractivity contribution in [2.75, 3.05) is 31.1 Å². The number of carbonyl (C=O) groups is 2. The van der Waals surface area contributed by atoms with Crippen LogP contribution >= 0.6 is 15.9 Å². The van der Waals surface area contributed by atoms with E-state index in [0.717, 1.165) is 27.2 Å². The molecular formula is C31H38BrN3O6S. The number of carbonyl (C=O) groups excluding carboxylic acids is 2. The van der Waals surface area contributed by atoms with Gasteiger partial charge in [0.2, 0.25) is 11.8 Å². The smallest absolute Gasteiger partial charge is 0.264 e. The van der Waals surface area contributed by atoms with Crippen LogP contribution in [0.5, 0.6) is 11.5 Å². The van der Waals surface area contributed by atoms with Crippen LogP contribution in [0.3, 0.4) is 0 Å². The molecule has 1 N–H and O–H groups in total. The molecule has 3 aromatic rings. The summed E-state index contributed by atoms with van der Waals surface area (Å²) < 4.78 is 40.4. The van der Waals surface area contributed by atoms with E-state index in [4.69, 9.17) is 9.47 Å². The summed E-state index contributed by atoms with van der Waals surface area (Å²) in [6.07, 6.45) is 1.72. The van der Waals surface area contributed by atoms with Crippen LogP contribution in [0.15, 0.2) is 82.2 Å². The number of halogens is 1. The van der Waals surface area contributed by atoms with Gasteiger partial charge in [-0.15, -0.1) is 0 Å². The van der Waals surface area contributed by atoms with Gasteiger partial charge in [-0.25, -0.2) is 8.42 Å². The first kappa shape index (κ1) is 32.9. The number of nitrogens with one attached hydrogen (secondary N) is 1. The van der Waals surface area contributed by atoms with Crippen molar-refractivity contribution in [3.05, 3.63) is 82.8 Å². The van der Waals surface area contributed by atoms with Crippen LogP contribution in [0.1, 0.15) is 39.2 Å². The van der Waals surface area contributed by atoms with Crippen LogP contribution in [-0.4, -0.2) is 58.0 Å². The number of amides is 2. The number of methoxy groups -OCH3 is 1. The summed E-state index contributed by atoms with van der Waals surface area (Å²) in [6, 6.07) is 19.0. The van der Waals surface area contributed by atoms with Crippen LogP contribution in [0, 0.1) is 0 Å². The Balaban J connectivity index is 2.00. The molecule has 0 aliphatic rings. The molecule has 0 radical (unpaired) electrons. The molecule has 1 atom stereocenters. The van der Waals surface area contributed by atoms with Crippen molar-refractivity contribution in [1.29, 1.82) is 0 Å². The Bertz CT molecular complexity index is 1410. The summed E-state index contributed by atoms with van der Waals surface area (Å²) >= 11 is 3.34. The Morgan fingerprint density at radius 2 is 1.55 bits per heavy atom. The standard InChI is InChI=1S/C31H38BrN3O6S/c1-5-7-20-33-31(37)23(3)34(21-24-8-14-27(40-4)15-9-24)30(36)22-35(26-12-16-28(17-13-26)41-6-2)42(38,39)29-18-10-25(32)11-19-29/h8-19,23H,5-7,20-22H2,1-4H3,(H,33,37). The summed E-state index contributed by atoms with van der Waals surface area (Å²) in [7, 11) is -2.60. The van der Waals surface area contributed by atoms with Gasteiger partial charge >= 0.3 is 0 Å². The number of anilines is 1. The minimum atomic E-state index is -4.16. The fourth-order valence-electron chi connectivity index (χ4n) is 4.18. The zero-order valence-corrected chi connectivity index (χ0v) is 26.8. The average molecular weight is 661 g/mol. The predicted octanol–water partition coefficient (Wildman–Crippen LogP) is 5.39. The maximum Gasteiger partial charge on any atom is 0.264 e. The molecule has 0 bridgehead atoms. The highest BCUT2D eigenvalue weighted by Gasteiger charge is 2.32. The molecule has 3 aromatic carbocycles. The molecule has 0 aliphatic heterocycles. The zero-order valence-electron chi connectivity index (χ0n) is 24.4. The zero-order chi connectivity index (χ0) is 30.7. The van der Waals surface area contributed by atoms with Crippen LogP contribution < -0.4 is 19.1 Å². The van der Waals surface area contributed by atoms with Gasteiger partial charge in [-0.1, -0.05) is 41.4 Å². The van der Waals surface area contributed by atoms with Crippen LogP contribution in [-0.2, 0) is 26.2 Å². The molecule has 0 saturated heterocycles. The lowest BCUT2D eigenvalue weighted by molar-refractivity contribution is -0.139. The third-order valence-electron chi connectivity index (χ3n) is 6.63.